The van der Waals surface area contributed by atoms with E-state index in [1.165, 1.54) is 32.2 Å². The minimum atomic E-state index is -4.69. The number of carbonyl (C=O) groups excluding carboxylic acids is 1. The maximum atomic E-state index is 13.8. The summed E-state index contributed by atoms with van der Waals surface area (Å²) in [6.07, 6.45) is -4.62. The molecule has 2 aromatic heterocycles. The molecule has 1 fully saturated rings. The zero-order chi connectivity index (χ0) is 25.5. The molecule has 3 aromatic rings. The fraction of sp³-hybridized carbons (Fsp3) is 0.417. The number of aryl methyl sites for hydroxylation is 1. The lowest BCUT2D eigenvalue weighted by atomic mass is 10.00. The number of nitrogens with one attached hydrogen (secondary N) is 1. The van der Waals surface area contributed by atoms with Crippen LogP contribution in [0.1, 0.15) is 54.2 Å². The second-order valence-electron chi connectivity index (χ2n) is 8.72. The van der Waals surface area contributed by atoms with Gasteiger partial charge in [0.25, 0.3) is 11.5 Å². The molecule has 0 bridgehead atoms. The number of pyridine rings is 1. The maximum Gasteiger partial charge on any atom is 0.416 e. The number of ether oxygens (including phenoxy) is 2. The van der Waals surface area contributed by atoms with Gasteiger partial charge in [-0.25, -0.2) is 9.97 Å². The highest BCUT2D eigenvalue weighted by molar-refractivity contribution is 5.94. The van der Waals surface area contributed by atoms with E-state index in [0.29, 0.717) is 18.7 Å². The number of aromatic nitrogens is 3. The number of halogens is 3. The first-order valence-electron chi connectivity index (χ1n) is 11.1. The number of hydrogen-bond donors (Lipinski definition) is 1. The number of hydrogen-bond acceptors (Lipinski definition) is 6. The van der Waals surface area contributed by atoms with E-state index in [2.05, 4.69) is 15.0 Å². The van der Waals surface area contributed by atoms with Crippen molar-refractivity contribution in [2.24, 2.45) is 0 Å². The van der Waals surface area contributed by atoms with E-state index >= 15 is 0 Å². The average Bonchev–Trinajstić information content (AvgIpc) is 2.77. The van der Waals surface area contributed by atoms with Crippen molar-refractivity contribution in [3.63, 3.8) is 0 Å². The lowest BCUT2D eigenvalue weighted by molar-refractivity contribution is -0.138. The Morgan fingerprint density at radius 2 is 1.91 bits per heavy atom. The highest BCUT2D eigenvalue weighted by atomic mass is 19.4. The Bertz CT molecular complexity index is 1300. The molecule has 8 nitrogen and oxygen atoms in total. The summed E-state index contributed by atoms with van der Waals surface area (Å²) in [5, 5.41) is 0.0249. The van der Waals surface area contributed by atoms with Gasteiger partial charge in [-0.3, -0.25) is 9.59 Å². The third-order valence-electron chi connectivity index (χ3n) is 5.73. The van der Waals surface area contributed by atoms with Gasteiger partial charge in [0, 0.05) is 30.9 Å². The quantitative estimate of drug-likeness (QED) is 0.593. The summed E-state index contributed by atoms with van der Waals surface area (Å²) in [6.45, 7) is 7.61. The summed E-state index contributed by atoms with van der Waals surface area (Å²) in [7, 11) is 0. The van der Waals surface area contributed by atoms with Crippen LogP contribution in [0, 0.1) is 6.92 Å². The van der Waals surface area contributed by atoms with E-state index in [0.717, 1.165) is 12.1 Å². The predicted molar refractivity (Wildman–Crippen MR) is 121 cm³/mol. The summed E-state index contributed by atoms with van der Waals surface area (Å²) in [5.41, 5.74) is -1.43. The van der Waals surface area contributed by atoms with Crippen molar-refractivity contribution in [3.8, 4) is 5.88 Å². The van der Waals surface area contributed by atoms with Crippen LogP contribution >= 0.6 is 0 Å². The smallest absolute Gasteiger partial charge is 0.416 e. The van der Waals surface area contributed by atoms with E-state index in [1.54, 1.807) is 4.90 Å². The van der Waals surface area contributed by atoms with Crippen molar-refractivity contribution in [1.29, 1.82) is 0 Å². The van der Waals surface area contributed by atoms with E-state index in [9.17, 15) is 22.8 Å². The van der Waals surface area contributed by atoms with Crippen LogP contribution in [0.15, 0.2) is 35.3 Å². The molecule has 1 N–H and O–H groups in total. The number of aromatic amines is 1. The molecule has 35 heavy (non-hydrogen) atoms. The minimum absolute atomic E-state index is 0.0249. The van der Waals surface area contributed by atoms with Crippen molar-refractivity contribution >= 4 is 16.8 Å². The standard InChI is InChI=1S/C24H25F3N4O4/c1-12-10-31(11-13(2)34-12)23(33)16-5-6-21(28-9-16)35-14(3)17-7-18-20(8-19(17)24(25,26)27)29-15(4)30-22(18)32/h5-9,12-14H,10-11H2,1-4H3,(H,29,30,32)/t12-,13+,14-/m0/s1. The van der Waals surface area contributed by atoms with Crippen LogP contribution in [-0.4, -0.2) is 51.1 Å². The fourth-order valence-electron chi connectivity index (χ4n) is 4.25. The monoisotopic (exact) mass is 490 g/mol. The molecule has 0 saturated carbocycles. The van der Waals surface area contributed by atoms with Crippen LogP contribution in [0.4, 0.5) is 13.2 Å². The molecule has 1 saturated heterocycles. The molecule has 0 unspecified atom stereocenters. The number of amides is 1. The molecular weight excluding hydrogens is 465 g/mol. The Kier molecular flexibility index (Phi) is 6.54. The predicted octanol–water partition coefficient (Wildman–Crippen LogP) is 4.03. The molecule has 1 aromatic carbocycles. The van der Waals surface area contributed by atoms with E-state index in [1.807, 2.05) is 13.8 Å². The highest BCUT2D eigenvalue weighted by Gasteiger charge is 2.36. The van der Waals surface area contributed by atoms with E-state index in [4.69, 9.17) is 9.47 Å². The molecule has 11 heteroatoms. The largest absolute Gasteiger partial charge is 0.470 e. The van der Waals surface area contributed by atoms with Crippen molar-refractivity contribution in [3.05, 3.63) is 63.3 Å². The first kappa shape index (κ1) is 24.6. The number of rotatable bonds is 4. The fourth-order valence-corrected chi connectivity index (χ4v) is 4.25. The number of alkyl halides is 3. The first-order valence-corrected chi connectivity index (χ1v) is 11.1. The number of benzene rings is 1. The Morgan fingerprint density at radius 1 is 1.23 bits per heavy atom. The first-order chi connectivity index (χ1) is 16.4. The molecule has 1 aliphatic rings. The third kappa shape index (κ3) is 5.29. The van der Waals surface area contributed by atoms with Crippen molar-refractivity contribution in [1.82, 2.24) is 19.9 Å². The van der Waals surface area contributed by atoms with E-state index < -0.39 is 23.4 Å². The van der Waals surface area contributed by atoms with Crippen LogP contribution in [0.2, 0.25) is 0 Å². The van der Waals surface area contributed by atoms with Crippen LogP contribution in [-0.2, 0) is 10.9 Å². The Balaban J connectivity index is 1.59. The maximum absolute atomic E-state index is 13.8. The highest BCUT2D eigenvalue weighted by Crippen LogP contribution is 2.37. The summed E-state index contributed by atoms with van der Waals surface area (Å²) < 4.78 is 52.8. The summed E-state index contributed by atoms with van der Waals surface area (Å²) in [6, 6.07) is 4.95. The number of H-pyrrole nitrogens is 1. The van der Waals surface area contributed by atoms with Gasteiger partial charge in [0.2, 0.25) is 5.88 Å². The van der Waals surface area contributed by atoms with Crippen LogP contribution in [0.5, 0.6) is 5.88 Å². The molecule has 3 atom stereocenters. The van der Waals surface area contributed by atoms with Gasteiger partial charge in [0.1, 0.15) is 11.9 Å². The SMILES string of the molecule is Cc1nc2cc(C(F)(F)F)c([C@H](C)Oc3ccc(C(=O)N4C[C@@H](C)O[C@@H](C)C4)cn3)cc2c(=O)[nH]1. The van der Waals surface area contributed by atoms with Crippen molar-refractivity contribution in [2.75, 3.05) is 13.1 Å². The summed E-state index contributed by atoms with van der Waals surface area (Å²) in [5.74, 6) is 0.0458. The normalized spacial score (nSPS) is 19.6. The van der Waals surface area contributed by atoms with Gasteiger partial charge in [0.15, 0.2) is 0 Å². The van der Waals surface area contributed by atoms with Crippen LogP contribution < -0.4 is 10.3 Å². The third-order valence-corrected chi connectivity index (χ3v) is 5.73. The molecule has 0 spiro atoms. The molecule has 186 valence electrons. The van der Waals surface area contributed by atoms with Gasteiger partial charge < -0.3 is 19.4 Å². The molecular formula is C24H25F3N4O4. The molecule has 0 aliphatic carbocycles. The number of morpholine rings is 1. The molecule has 1 aliphatic heterocycles. The zero-order valence-electron chi connectivity index (χ0n) is 19.6. The van der Waals surface area contributed by atoms with Crippen LogP contribution in [0.3, 0.4) is 0 Å². The topological polar surface area (TPSA) is 97.4 Å². The Labute approximate surface area is 199 Å². The number of fused-ring (bicyclic) bond motifs is 1. The van der Waals surface area contributed by atoms with Gasteiger partial charge in [0.05, 0.1) is 34.2 Å². The van der Waals surface area contributed by atoms with Gasteiger partial charge >= 0.3 is 6.18 Å². The lowest BCUT2D eigenvalue weighted by Crippen LogP contribution is -2.48. The Morgan fingerprint density at radius 3 is 2.51 bits per heavy atom. The van der Waals surface area contributed by atoms with Crippen molar-refractivity contribution < 1.29 is 27.4 Å². The minimum Gasteiger partial charge on any atom is -0.470 e. The van der Waals surface area contributed by atoms with Crippen molar-refractivity contribution in [2.45, 2.75) is 52.2 Å². The summed E-state index contributed by atoms with van der Waals surface area (Å²) >= 11 is 0. The van der Waals surface area contributed by atoms with Gasteiger partial charge in [-0.2, -0.15) is 13.2 Å². The number of carbonyl (C=O) groups is 1. The van der Waals surface area contributed by atoms with Crippen LogP contribution in [0.25, 0.3) is 10.9 Å². The second-order valence-corrected chi connectivity index (χ2v) is 8.72. The molecule has 0 radical (unpaired) electrons. The summed E-state index contributed by atoms with van der Waals surface area (Å²) in [4.78, 5) is 37.4. The molecule has 3 heterocycles. The molecule has 4 rings (SSSR count). The average molecular weight is 490 g/mol. The number of nitrogens with zero attached hydrogens (tertiary/aromatic N) is 3. The van der Waals surface area contributed by atoms with Gasteiger partial charge in [-0.1, -0.05) is 0 Å². The Hall–Kier alpha value is -3.47. The zero-order valence-corrected chi connectivity index (χ0v) is 19.6. The van der Waals surface area contributed by atoms with Gasteiger partial charge in [-0.15, -0.1) is 0 Å². The lowest BCUT2D eigenvalue weighted by Gasteiger charge is -2.35. The van der Waals surface area contributed by atoms with Gasteiger partial charge in [-0.05, 0) is 45.9 Å². The van der Waals surface area contributed by atoms with E-state index in [-0.39, 0.29) is 46.3 Å². The molecule has 1 amide bonds. The second kappa shape index (κ2) is 9.29.